The highest BCUT2D eigenvalue weighted by Gasteiger charge is 2.18. The van der Waals surface area contributed by atoms with Crippen molar-refractivity contribution in [2.24, 2.45) is 0 Å². The Balaban J connectivity index is 1.62. The van der Waals surface area contributed by atoms with Crippen LogP contribution in [0.15, 0.2) is 36.7 Å². The van der Waals surface area contributed by atoms with Gasteiger partial charge in [-0.25, -0.2) is 9.97 Å². The normalized spacial score (nSPS) is 16.7. The van der Waals surface area contributed by atoms with Crippen molar-refractivity contribution >= 4 is 0 Å². The van der Waals surface area contributed by atoms with Gasteiger partial charge in [-0.3, -0.25) is 9.80 Å². The van der Waals surface area contributed by atoms with Gasteiger partial charge < -0.3 is 0 Å². The number of piperazine rings is 1. The Morgan fingerprint density at radius 3 is 2.24 bits per heavy atom. The lowest BCUT2D eigenvalue weighted by molar-refractivity contribution is 0.104. The highest BCUT2D eigenvalue weighted by Crippen LogP contribution is 2.21. The summed E-state index contributed by atoms with van der Waals surface area (Å²) in [5.41, 5.74) is 3.62. The highest BCUT2D eigenvalue weighted by atomic mass is 15.3. The lowest BCUT2D eigenvalue weighted by atomic mass is 10.0. The van der Waals surface area contributed by atoms with Crippen molar-refractivity contribution in [2.75, 3.05) is 26.2 Å². The first kappa shape index (κ1) is 18.0. The van der Waals surface area contributed by atoms with E-state index in [0.717, 1.165) is 44.1 Å². The largest absolute Gasteiger partial charge is 0.298 e. The van der Waals surface area contributed by atoms with Crippen LogP contribution in [0.25, 0.3) is 11.4 Å². The number of hydrogen-bond donors (Lipinski definition) is 0. The maximum absolute atomic E-state index is 4.61. The van der Waals surface area contributed by atoms with Gasteiger partial charge in [0.25, 0.3) is 0 Å². The Labute approximate surface area is 151 Å². The van der Waals surface area contributed by atoms with Gasteiger partial charge >= 0.3 is 0 Å². The van der Waals surface area contributed by atoms with Crippen molar-refractivity contribution in [3.8, 4) is 11.4 Å². The zero-order valence-electron chi connectivity index (χ0n) is 15.9. The van der Waals surface area contributed by atoms with Gasteiger partial charge in [-0.05, 0) is 31.4 Å². The monoisotopic (exact) mass is 338 g/mol. The number of hydrogen-bond acceptors (Lipinski definition) is 4. The first-order chi connectivity index (χ1) is 12.0. The van der Waals surface area contributed by atoms with Gasteiger partial charge in [-0.1, -0.05) is 32.0 Å². The molecule has 25 heavy (non-hydrogen) atoms. The van der Waals surface area contributed by atoms with Crippen LogP contribution in [0.3, 0.4) is 0 Å². The van der Waals surface area contributed by atoms with Crippen LogP contribution >= 0.6 is 0 Å². The zero-order valence-corrected chi connectivity index (χ0v) is 15.9. The molecule has 0 saturated carbocycles. The fourth-order valence-corrected chi connectivity index (χ4v) is 3.32. The lowest BCUT2D eigenvalue weighted by Crippen LogP contribution is -2.48. The Morgan fingerprint density at radius 1 is 0.960 bits per heavy atom. The van der Waals surface area contributed by atoms with Crippen LogP contribution in [0.1, 0.15) is 44.7 Å². The SMILES string of the molecule is CC(C)c1cccc(-c2ncc(CN3CCN(C(C)C)CC3)cn2)c1. The molecule has 1 aromatic carbocycles. The predicted molar refractivity (Wildman–Crippen MR) is 104 cm³/mol. The van der Waals surface area contributed by atoms with Gasteiger partial charge in [0.2, 0.25) is 0 Å². The van der Waals surface area contributed by atoms with Gasteiger partial charge in [0, 0.05) is 62.3 Å². The molecule has 0 unspecified atom stereocenters. The molecule has 1 aliphatic rings. The van der Waals surface area contributed by atoms with E-state index in [-0.39, 0.29) is 0 Å². The summed E-state index contributed by atoms with van der Waals surface area (Å²) >= 11 is 0. The van der Waals surface area contributed by atoms with Gasteiger partial charge in [-0.2, -0.15) is 0 Å². The van der Waals surface area contributed by atoms with Crippen molar-refractivity contribution in [2.45, 2.75) is 46.2 Å². The molecule has 0 bridgehead atoms. The number of nitrogens with zero attached hydrogens (tertiary/aromatic N) is 4. The average molecular weight is 338 g/mol. The maximum atomic E-state index is 4.61. The van der Waals surface area contributed by atoms with Crippen molar-refractivity contribution in [1.29, 1.82) is 0 Å². The topological polar surface area (TPSA) is 32.3 Å². The minimum Gasteiger partial charge on any atom is -0.298 e. The van der Waals surface area contributed by atoms with E-state index in [0.29, 0.717) is 12.0 Å². The Bertz CT molecular complexity index is 671. The van der Waals surface area contributed by atoms with Crippen LogP contribution in [0.2, 0.25) is 0 Å². The van der Waals surface area contributed by atoms with Crippen LogP contribution in [-0.4, -0.2) is 52.0 Å². The van der Waals surface area contributed by atoms with Crippen LogP contribution in [0.5, 0.6) is 0 Å². The Morgan fingerprint density at radius 2 is 1.64 bits per heavy atom. The number of aromatic nitrogens is 2. The molecule has 0 aliphatic carbocycles. The van der Waals surface area contributed by atoms with Gasteiger partial charge in [-0.15, -0.1) is 0 Å². The summed E-state index contributed by atoms with van der Waals surface area (Å²) in [5, 5.41) is 0. The second-order valence-electron chi connectivity index (χ2n) is 7.60. The van der Waals surface area contributed by atoms with Crippen LogP contribution < -0.4 is 0 Å². The average Bonchev–Trinajstić information content (AvgIpc) is 2.63. The third kappa shape index (κ3) is 4.65. The van der Waals surface area contributed by atoms with E-state index in [2.05, 4.69) is 71.7 Å². The van der Waals surface area contributed by atoms with E-state index in [9.17, 15) is 0 Å². The molecule has 3 rings (SSSR count). The molecule has 134 valence electrons. The quantitative estimate of drug-likeness (QED) is 0.830. The lowest BCUT2D eigenvalue weighted by Gasteiger charge is -2.36. The molecule has 1 saturated heterocycles. The molecule has 0 spiro atoms. The van der Waals surface area contributed by atoms with E-state index < -0.39 is 0 Å². The Kier molecular flexibility index (Phi) is 5.82. The summed E-state index contributed by atoms with van der Waals surface area (Å²) in [5.74, 6) is 1.33. The highest BCUT2D eigenvalue weighted by molar-refractivity contribution is 5.56. The fraction of sp³-hybridized carbons (Fsp3) is 0.524. The molecule has 0 radical (unpaired) electrons. The maximum Gasteiger partial charge on any atom is 0.159 e. The molecule has 2 heterocycles. The van der Waals surface area contributed by atoms with Gasteiger partial charge in [0.15, 0.2) is 5.82 Å². The fourth-order valence-electron chi connectivity index (χ4n) is 3.32. The van der Waals surface area contributed by atoms with Crippen molar-refractivity contribution in [1.82, 2.24) is 19.8 Å². The summed E-state index contributed by atoms with van der Waals surface area (Å²) < 4.78 is 0. The second kappa shape index (κ2) is 8.07. The van der Waals surface area contributed by atoms with Crippen LogP contribution in [-0.2, 0) is 6.54 Å². The summed E-state index contributed by atoms with van der Waals surface area (Å²) in [4.78, 5) is 14.3. The molecule has 2 aromatic rings. The summed E-state index contributed by atoms with van der Waals surface area (Å²) in [6.07, 6.45) is 3.97. The first-order valence-electron chi connectivity index (χ1n) is 9.40. The first-order valence-corrected chi connectivity index (χ1v) is 9.40. The smallest absolute Gasteiger partial charge is 0.159 e. The zero-order chi connectivity index (χ0) is 17.8. The van der Waals surface area contributed by atoms with Crippen molar-refractivity contribution < 1.29 is 0 Å². The molecule has 0 amide bonds. The molecule has 4 heteroatoms. The van der Waals surface area contributed by atoms with E-state index in [1.165, 1.54) is 11.1 Å². The molecule has 0 atom stereocenters. The molecule has 4 nitrogen and oxygen atoms in total. The molecular formula is C21H30N4. The molecule has 1 fully saturated rings. The van der Waals surface area contributed by atoms with Crippen LogP contribution in [0.4, 0.5) is 0 Å². The van der Waals surface area contributed by atoms with E-state index >= 15 is 0 Å². The standard InChI is InChI=1S/C21H30N4/c1-16(2)19-6-5-7-20(12-19)21-22-13-18(14-23-21)15-24-8-10-25(11-9-24)17(3)4/h5-7,12-14,16-17H,8-11,15H2,1-4H3. The van der Waals surface area contributed by atoms with Gasteiger partial charge in [0.1, 0.15) is 0 Å². The third-order valence-electron chi connectivity index (χ3n) is 5.06. The van der Waals surface area contributed by atoms with E-state index in [1.807, 2.05) is 12.4 Å². The second-order valence-corrected chi connectivity index (χ2v) is 7.60. The predicted octanol–water partition coefficient (Wildman–Crippen LogP) is 3.79. The van der Waals surface area contributed by atoms with E-state index in [4.69, 9.17) is 0 Å². The molecule has 1 aromatic heterocycles. The molecular weight excluding hydrogens is 308 g/mol. The molecule has 0 N–H and O–H groups in total. The van der Waals surface area contributed by atoms with E-state index in [1.54, 1.807) is 0 Å². The van der Waals surface area contributed by atoms with Crippen molar-refractivity contribution in [3.63, 3.8) is 0 Å². The minimum atomic E-state index is 0.517. The van der Waals surface area contributed by atoms with Crippen molar-refractivity contribution in [3.05, 3.63) is 47.8 Å². The summed E-state index contributed by atoms with van der Waals surface area (Å²) in [6.45, 7) is 14.5. The Hall–Kier alpha value is -1.78. The number of benzene rings is 1. The van der Waals surface area contributed by atoms with Gasteiger partial charge in [0.05, 0.1) is 0 Å². The summed E-state index contributed by atoms with van der Waals surface area (Å²) in [6, 6.07) is 9.19. The molecule has 1 aliphatic heterocycles. The summed E-state index contributed by atoms with van der Waals surface area (Å²) in [7, 11) is 0. The number of rotatable bonds is 5. The third-order valence-corrected chi connectivity index (χ3v) is 5.06. The van der Waals surface area contributed by atoms with Crippen LogP contribution in [0, 0.1) is 0 Å². The minimum absolute atomic E-state index is 0.517.